The van der Waals surface area contributed by atoms with Gasteiger partial charge < -0.3 is 15.2 Å². The zero-order valence-electron chi connectivity index (χ0n) is 11.6. The van der Waals surface area contributed by atoms with E-state index < -0.39 is 16.8 Å². The standard InChI is InChI=1S/C13H23NO4/c1-12(2)9(10(15)14-7-8-18-4)5-6-13(12,3)11(16)17/h9H,5-8H2,1-4H3,(H,14,15)(H,16,17)/t9-,13+/m1/s1. The number of hydrogen-bond donors (Lipinski definition) is 2. The second-order valence-corrected chi connectivity index (χ2v) is 5.73. The van der Waals surface area contributed by atoms with Crippen LogP contribution in [0.15, 0.2) is 0 Å². The number of rotatable bonds is 5. The second kappa shape index (κ2) is 5.26. The smallest absolute Gasteiger partial charge is 0.309 e. The van der Waals surface area contributed by atoms with Gasteiger partial charge in [-0.2, -0.15) is 0 Å². The number of amides is 1. The Bertz CT molecular complexity index is 340. The van der Waals surface area contributed by atoms with Crippen LogP contribution in [0.25, 0.3) is 0 Å². The summed E-state index contributed by atoms with van der Waals surface area (Å²) in [5, 5.41) is 12.2. The minimum absolute atomic E-state index is 0.0676. The summed E-state index contributed by atoms with van der Waals surface area (Å²) in [5.74, 6) is -1.14. The van der Waals surface area contributed by atoms with Crippen molar-refractivity contribution in [3.8, 4) is 0 Å². The Balaban J connectivity index is 2.75. The SMILES string of the molecule is COCCNC(=O)[C@H]1CC[C@@](C)(C(=O)O)C1(C)C. The maximum absolute atomic E-state index is 12.1. The van der Waals surface area contributed by atoms with Crippen LogP contribution >= 0.6 is 0 Å². The Morgan fingerprint density at radius 1 is 1.39 bits per heavy atom. The lowest BCUT2D eigenvalue weighted by molar-refractivity contribution is -0.155. The summed E-state index contributed by atoms with van der Waals surface area (Å²) >= 11 is 0. The third-order valence-electron chi connectivity index (χ3n) is 4.62. The zero-order chi connectivity index (χ0) is 14.0. The molecule has 0 aromatic carbocycles. The first-order valence-corrected chi connectivity index (χ1v) is 6.27. The first kappa shape index (κ1) is 15.0. The number of methoxy groups -OCH3 is 1. The fourth-order valence-electron chi connectivity index (χ4n) is 2.74. The van der Waals surface area contributed by atoms with Gasteiger partial charge in [-0.1, -0.05) is 13.8 Å². The molecule has 0 saturated heterocycles. The molecule has 18 heavy (non-hydrogen) atoms. The maximum Gasteiger partial charge on any atom is 0.309 e. The van der Waals surface area contributed by atoms with Crippen LogP contribution in [0.1, 0.15) is 33.6 Å². The van der Waals surface area contributed by atoms with E-state index in [2.05, 4.69) is 5.32 Å². The van der Waals surface area contributed by atoms with Gasteiger partial charge in [0.1, 0.15) is 0 Å². The van der Waals surface area contributed by atoms with Crippen LogP contribution in [0.3, 0.4) is 0 Å². The van der Waals surface area contributed by atoms with Crippen molar-refractivity contribution in [1.29, 1.82) is 0 Å². The Morgan fingerprint density at radius 3 is 2.44 bits per heavy atom. The van der Waals surface area contributed by atoms with Gasteiger partial charge in [-0.05, 0) is 25.2 Å². The highest BCUT2D eigenvalue weighted by atomic mass is 16.5. The fraction of sp³-hybridized carbons (Fsp3) is 0.846. The van der Waals surface area contributed by atoms with Crippen LogP contribution in [0.4, 0.5) is 0 Å². The molecule has 0 unspecified atom stereocenters. The summed E-state index contributed by atoms with van der Waals surface area (Å²) in [5.41, 5.74) is -1.38. The first-order valence-electron chi connectivity index (χ1n) is 6.27. The van der Waals surface area contributed by atoms with E-state index in [1.165, 1.54) is 0 Å². The molecule has 2 atom stereocenters. The van der Waals surface area contributed by atoms with Gasteiger partial charge in [0.2, 0.25) is 5.91 Å². The highest BCUT2D eigenvalue weighted by Crippen LogP contribution is 2.56. The van der Waals surface area contributed by atoms with E-state index in [0.717, 1.165) is 0 Å². The molecule has 2 N–H and O–H groups in total. The summed E-state index contributed by atoms with van der Waals surface area (Å²) in [7, 11) is 1.58. The predicted molar refractivity (Wildman–Crippen MR) is 67.1 cm³/mol. The van der Waals surface area contributed by atoms with Gasteiger partial charge in [0.25, 0.3) is 0 Å². The molecule has 0 spiro atoms. The highest BCUT2D eigenvalue weighted by Gasteiger charge is 2.58. The van der Waals surface area contributed by atoms with Gasteiger partial charge in [-0.15, -0.1) is 0 Å². The molecule has 1 rings (SSSR count). The van der Waals surface area contributed by atoms with Crippen molar-refractivity contribution in [2.45, 2.75) is 33.6 Å². The second-order valence-electron chi connectivity index (χ2n) is 5.73. The van der Waals surface area contributed by atoms with Gasteiger partial charge in [0.05, 0.1) is 12.0 Å². The van der Waals surface area contributed by atoms with Gasteiger partial charge >= 0.3 is 5.97 Å². The van der Waals surface area contributed by atoms with E-state index in [0.29, 0.717) is 26.0 Å². The lowest BCUT2D eigenvalue weighted by Gasteiger charge is -2.37. The largest absolute Gasteiger partial charge is 0.481 e. The summed E-state index contributed by atoms with van der Waals surface area (Å²) in [6.45, 7) is 6.40. The summed E-state index contributed by atoms with van der Waals surface area (Å²) in [6, 6.07) is 0. The van der Waals surface area contributed by atoms with Gasteiger partial charge in [0, 0.05) is 19.6 Å². The van der Waals surface area contributed by atoms with Crippen molar-refractivity contribution in [3.63, 3.8) is 0 Å². The molecular formula is C13H23NO4. The minimum Gasteiger partial charge on any atom is -0.481 e. The van der Waals surface area contributed by atoms with Crippen molar-refractivity contribution in [1.82, 2.24) is 5.32 Å². The van der Waals surface area contributed by atoms with Crippen LogP contribution in [-0.2, 0) is 14.3 Å². The van der Waals surface area contributed by atoms with E-state index >= 15 is 0 Å². The van der Waals surface area contributed by atoms with E-state index in [1.54, 1.807) is 14.0 Å². The quantitative estimate of drug-likeness (QED) is 0.727. The molecule has 1 aliphatic carbocycles. The Labute approximate surface area is 108 Å². The Hall–Kier alpha value is -1.10. The molecule has 1 aliphatic rings. The molecule has 1 fully saturated rings. The van der Waals surface area contributed by atoms with Gasteiger partial charge in [-0.3, -0.25) is 9.59 Å². The van der Waals surface area contributed by atoms with E-state index in [4.69, 9.17) is 4.74 Å². The number of carbonyl (C=O) groups is 2. The highest BCUT2D eigenvalue weighted by molar-refractivity contribution is 5.83. The van der Waals surface area contributed by atoms with Crippen LogP contribution in [0, 0.1) is 16.7 Å². The average Bonchev–Trinajstić information content (AvgIpc) is 2.52. The molecule has 5 nitrogen and oxygen atoms in total. The monoisotopic (exact) mass is 257 g/mol. The lowest BCUT2D eigenvalue weighted by atomic mass is 9.65. The number of carboxylic acid groups (broad SMARTS) is 1. The van der Waals surface area contributed by atoms with E-state index in [1.807, 2.05) is 13.8 Å². The number of aliphatic carboxylic acids is 1. The normalized spacial score (nSPS) is 30.1. The van der Waals surface area contributed by atoms with E-state index in [9.17, 15) is 14.7 Å². The van der Waals surface area contributed by atoms with Crippen LogP contribution in [0.2, 0.25) is 0 Å². The van der Waals surface area contributed by atoms with Crippen LogP contribution < -0.4 is 5.32 Å². The Morgan fingerprint density at radius 2 is 2.00 bits per heavy atom. The topological polar surface area (TPSA) is 75.6 Å². The van der Waals surface area contributed by atoms with Gasteiger partial charge in [-0.25, -0.2) is 0 Å². The minimum atomic E-state index is -0.837. The maximum atomic E-state index is 12.1. The molecular weight excluding hydrogens is 234 g/mol. The summed E-state index contributed by atoms with van der Waals surface area (Å²) < 4.78 is 4.88. The van der Waals surface area contributed by atoms with Crippen molar-refractivity contribution in [3.05, 3.63) is 0 Å². The number of nitrogens with one attached hydrogen (secondary N) is 1. The molecule has 5 heteroatoms. The van der Waals surface area contributed by atoms with Crippen molar-refractivity contribution < 1.29 is 19.4 Å². The lowest BCUT2D eigenvalue weighted by Crippen LogP contribution is -2.45. The molecule has 0 aromatic heterocycles. The zero-order valence-corrected chi connectivity index (χ0v) is 11.6. The molecule has 1 saturated carbocycles. The van der Waals surface area contributed by atoms with Gasteiger partial charge in [0.15, 0.2) is 0 Å². The van der Waals surface area contributed by atoms with E-state index in [-0.39, 0.29) is 11.8 Å². The number of carboxylic acids is 1. The Kier molecular flexibility index (Phi) is 4.37. The van der Waals surface area contributed by atoms with Crippen LogP contribution in [0.5, 0.6) is 0 Å². The van der Waals surface area contributed by atoms with Crippen molar-refractivity contribution in [2.24, 2.45) is 16.7 Å². The van der Waals surface area contributed by atoms with Crippen molar-refractivity contribution >= 4 is 11.9 Å². The third-order valence-corrected chi connectivity index (χ3v) is 4.62. The number of carbonyl (C=O) groups excluding carboxylic acids is 1. The van der Waals surface area contributed by atoms with Crippen molar-refractivity contribution in [2.75, 3.05) is 20.3 Å². The molecule has 0 bridgehead atoms. The predicted octanol–water partition coefficient (Wildman–Crippen LogP) is 1.28. The number of ether oxygens (including phenoxy) is 1. The molecule has 104 valence electrons. The van der Waals surface area contributed by atoms with Crippen LogP contribution in [-0.4, -0.2) is 37.2 Å². The molecule has 0 radical (unpaired) electrons. The third kappa shape index (κ3) is 2.36. The summed E-state index contributed by atoms with van der Waals surface area (Å²) in [4.78, 5) is 23.5. The molecule has 1 amide bonds. The molecule has 0 aromatic rings. The average molecular weight is 257 g/mol. The first-order chi connectivity index (χ1) is 8.27. The number of hydrogen-bond acceptors (Lipinski definition) is 3. The summed E-state index contributed by atoms with van der Waals surface area (Å²) in [6.07, 6.45) is 1.16. The fourth-order valence-corrected chi connectivity index (χ4v) is 2.74. The molecule has 0 heterocycles. The molecule has 0 aliphatic heterocycles.